The minimum Gasteiger partial charge on any atom is -0.464 e. The molecule has 0 aromatic heterocycles. The van der Waals surface area contributed by atoms with Gasteiger partial charge in [-0.15, -0.1) is 0 Å². The summed E-state index contributed by atoms with van der Waals surface area (Å²) in [6.45, 7) is 19.3. The maximum atomic E-state index is 12.8. The molecule has 0 aromatic carbocycles. The second-order valence-corrected chi connectivity index (χ2v) is 27.3. The molecule has 4 N–H and O–H groups in total. The Kier molecular flexibility index (Phi) is 60.0. The van der Waals surface area contributed by atoms with E-state index < -0.39 is 12.2 Å². The van der Waals surface area contributed by atoms with E-state index in [1.165, 1.54) is 141 Å². The smallest absolute Gasteiger partial charge is 0.305 e. The van der Waals surface area contributed by atoms with Crippen LogP contribution in [0.1, 0.15) is 278 Å². The molecule has 1 aliphatic heterocycles. The fourth-order valence-corrected chi connectivity index (χ4v) is 13.2. The quantitative estimate of drug-likeness (QED) is 0.0201. The molecule has 4 atom stereocenters. The van der Waals surface area contributed by atoms with Gasteiger partial charge in [0, 0.05) is 83.4 Å². The molecule has 0 amide bonds. The summed E-state index contributed by atoms with van der Waals surface area (Å²) < 4.78 is 5.71. The van der Waals surface area contributed by atoms with Crippen molar-refractivity contribution in [3.63, 3.8) is 0 Å². The fourth-order valence-electron chi connectivity index (χ4n) is 11.1. The van der Waals surface area contributed by atoms with Gasteiger partial charge in [-0.3, -0.25) is 24.4 Å². The largest absolute Gasteiger partial charge is 0.464 e. The Morgan fingerprint density at radius 2 is 0.735 bits per heavy atom. The first kappa shape index (κ1) is 79.8. The van der Waals surface area contributed by atoms with Crippen LogP contribution in [0.4, 0.5) is 0 Å². The third kappa shape index (κ3) is 55.8. The van der Waals surface area contributed by atoms with Gasteiger partial charge in [0.1, 0.15) is 6.61 Å². The van der Waals surface area contributed by atoms with Crippen molar-refractivity contribution >= 4 is 27.6 Å². The van der Waals surface area contributed by atoms with Crippen LogP contribution in [0.25, 0.3) is 0 Å². The first-order valence-corrected chi connectivity index (χ1v) is 37.8. The van der Waals surface area contributed by atoms with Crippen LogP contribution in [-0.2, 0) is 9.53 Å². The molecule has 1 heterocycles. The molecule has 0 bridgehead atoms. The van der Waals surface area contributed by atoms with E-state index in [0.29, 0.717) is 52.2 Å². The number of aliphatic hydroxyl groups excluding tert-OH is 4. The number of ether oxygens (including phenoxy) is 1. The Bertz CT molecular complexity index is 1410. The number of unbranched alkanes of at least 4 members (excludes halogenated alkanes) is 24. The maximum Gasteiger partial charge on any atom is 0.305 e. The lowest BCUT2D eigenvalue weighted by Crippen LogP contribution is -2.47. The predicted octanol–water partition coefficient (Wildman–Crippen LogP) is 17.1. The third-order valence-electron chi connectivity index (χ3n) is 16.4. The minimum atomic E-state index is -0.406. The number of carbonyl (C=O) groups is 1. The highest BCUT2D eigenvalue weighted by Gasteiger charge is 2.20. The van der Waals surface area contributed by atoms with Gasteiger partial charge in [-0.25, -0.2) is 0 Å². The van der Waals surface area contributed by atoms with Crippen molar-refractivity contribution in [3.05, 3.63) is 48.6 Å². The molecular weight excluding hydrogens is 1070 g/mol. The summed E-state index contributed by atoms with van der Waals surface area (Å²) in [6.07, 6.45) is 60.7. The van der Waals surface area contributed by atoms with Crippen LogP contribution in [0.3, 0.4) is 0 Å². The summed E-state index contributed by atoms with van der Waals surface area (Å²) in [5, 5.41) is 44.2. The highest BCUT2D eigenvalue weighted by Crippen LogP contribution is 2.23. The number of piperazine rings is 1. The Morgan fingerprint density at radius 3 is 1.14 bits per heavy atom. The lowest BCUT2D eigenvalue weighted by Gasteiger charge is -2.34. The van der Waals surface area contributed by atoms with E-state index in [2.05, 4.69) is 95.9 Å². The summed E-state index contributed by atoms with van der Waals surface area (Å²) in [7, 11) is 3.93. The molecule has 1 aliphatic rings. The minimum absolute atomic E-state index is 0.152. The number of carbonyl (C=O) groups excluding carboxylic acids is 1. The molecular formula is C71H136N4O6S2. The second kappa shape index (κ2) is 62.4. The van der Waals surface area contributed by atoms with Crippen LogP contribution in [0.2, 0.25) is 0 Å². The highest BCUT2D eigenvalue weighted by atomic mass is 33.1. The summed E-state index contributed by atoms with van der Waals surface area (Å²) in [6, 6.07) is 0. The summed E-state index contributed by atoms with van der Waals surface area (Å²) in [5.74, 6) is 2.01. The van der Waals surface area contributed by atoms with Gasteiger partial charge in [-0.2, -0.15) is 0 Å². The number of esters is 1. The van der Waals surface area contributed by atoms with Gasteiger partial charge in [0.2, 0.25) is 0 Å². The highest BCUT2D eigenvalue weighted by molar-refractivity contribution is 8.76. The molecule has 0 aliphatic carbocycles. The Morgan fingerprint density at radius 1 is 0.410 bits per heavy atom. The molecule has 12 heteroatoms. The van der Waals surface area contributed by atoms with Crippen LogP contribution in [-0.4, -0.2) is 167 Å². The van der Waals surface area contributed by atoms with Gasteiger partial charge in [-0.05, 0) is 116 Å². The molecule has 0 radical (unpaired) electrons. The van der Waals surface area contributed by atoms with E-state index in [0.717, 1.165) is 154 Å². The van der Waals surface area contributed by atoms with Crippen LogP contribution in [0.15, 0.2) is 48.6 Å². The lowest BCUT2D eigenvalue weighted by atomic mass is 10.1. The summed E-state index contributed by atoms with van der Waals surface area (Å²) in [5.41, 5.74) is 0. The number of hydrogen-bond acceptors (Lipinski definition) is 12. The Labute approximate surface area is 522 Å². The van der Waals surface area contributed by atoms with Crippen LogP contribution >= 0.6 is 21.6 Å². The van der Waals surface area contributed by atoms with Crippen molar-refractivity contribution in [1.82, 2.24) is 19.6 Å². The van der Waals surface area contributed by atoms with Crippen molar-refractivity contribution in [3.8, 4) is 0 Å². The molecule has 2 unspecified atom stereocenters. The van der Waals surface area contributed by atoms with E-state index in [4.69, 9.17) is 4.74 Å². The standard InChI is InChI=1S/C71H136N4O6S2/c1-5-9-13-17-21-23-25-27-29-31-33-35-39-43-49-69(78)65-75(66-70(79)50-44-40-36-34-32-30-28-26-24-22-18-14-10-6-2)53-46-61-82-83-62-59-73-56-54-72(55-57-73)58-60-81-71(80)51-45-52-74(63-67(76)47-41-37-19-15-11-7-3)64-68(77)48-42-38-20-16-12-8-4/h21-24,27-30,67-70,76-79H,5-20,25-26,31-66H2,1-4H3/b23-21-,24-22-,29-27-,30-28-/t67?,68?,69-,70-/m0/s1. The number of nitrogens with zero attached hydrogens (tertiary/aromatic N) is 4. The van der Waals surface area contributed by atoms with Gasteiger partial charge in [0.05, 0.1) is 24.4 Å². The van der Waals surface area contributed by atoms with Crippen LogP contribution < -0.4 is 0 Å². The molecule has 1 saturated heterocycles. The van der Waals surface area contributed by atoms with Crippen molar-refractivity contribution in [2.75, 3.05) is 96.6 Å². The second-order valence-electron chi connectivity index (χ2n) is 24.6. The number of rotatable bonds is 63. The molecule has 10 nitrogen and oxygen atoms in total. The van der Waals surface area contributed by atoms with Gasteiger partial charge in [0.15, 0.2) is 0 Å². The Hall–Kier alpha value is -1.19. The zero-order valence-corrected chi connectivity index (χ0v) is 56.5. The maximum absolute atomic E-state index is 12.8. The molecule has 83 heavy (non-hydrogen) atoms. The first-order valence-electron chi connectivity index (χ1n) is 35.3. The number of hydrogen-bond donors (Lipinski definition) is 4. The molecule has 0 aromatic rings. The lowest BCUT2D eigenvalue weighted by molar-refractivity contribution is -0.144. The van der Waals surface area contributed by atoms with Crippen molar-refractivity contribution in [2.24, 2.45) is 0 Å². The fraction of sp³-hybridized carbons (Fsp3) is 0.873. The zero-order chi connectivity index (χ0) is 60.2. The van der Waals surface area contributed by atoms with E-state index in [1.807, 2.05) is 21.6 Å². The normalized spacial score (nSPS) is 15.4. The topological polar surface area (TPSA) is 120 Å². The SMILES string of the molecule is CCCCC/C=C\C/C=C\CCCCCC[C@H](O)CN(CCCSSCCN1CCN(CCOC(=O)CCCN(CC(O)CCCCCCCC)CC(O)CCCCCCCC)CC1)C[C@@H](O)CCCCCC/C=C\C/C=C\CCCCC. The molecule has 1 fully saturated rings. The zero-order valence-electron chi connectivity index (χ0n) is 54.8. The van der Waals surface area contributed by atoms with Crippen molar-refractivity contribution in [2.45, 2.75) is 303 Å². The monoisotopic (exact) mass is 1200 g/mol. The average Bonchev–Trinajstić information content (AvgIpc) is 3.48. The van der Waals surface area contributed by atoms with E-state index in [-0.39, 0.29) is 18.2 Å². The van der Waals surface area contributed by atoms with E-state index in [9.17, 15) is 25.2 Å². The van der Waals surface area contributed by atoms with Crippen LogP contribution in [0.5, 0.6) is 0 Å². The summed E-state index contributed by atoms with van der Waals surface area (Å²) in [4.78, 5) is 22.3. The van der Waals surface area contributed by atoms with E-state index >= 15 is 0 Å². The Balaban J connectivity index is 2.41. The van der Waals surface area contributed by atoms with E-state index in [1.54, 1.807) is 0 Å². The number of aliphatic hydroxyl groups is 4. The van der Waals surface area contributed by atoms with Crippen LogP contribution in [0, 0.1) is 0 Å². The molecule has 0 saturated carbocycles. The van der Waals surface area contributed by atoms with Gasteiger partial charge >= 0.3 is 5.97 Å². The first-order chi connectivity index (χ1) is 40.7. The molecule has 488 valence electrons. The van der Waals surface area contributed by atoms with Gasteiger partial charge < -0.3 is 25.2 Å². The van der Waals surface area contributed by atoms with Gasteiger partial charge in [0.25, 0.3) is 0 Å². The van der Waals surface area contributed by atoms with Crippen molar-refractivity contribution < 1.29 is 30.0 Å². The average molecular weight is 1210 g/mol. The van der Waals surface area contributed by atoms with Crippen molar-refractivity contribution in [1.29, 1.82) is 0 Å². The molecule has 0 spiro atoms. The molecule has 1 rings (SSSR count). The predicted molar refractivity (Wildman–Crippen MR) is 365 cm³/mol. The summed E-state index contributed by atoms with van der Waals surface area (Å²) >= 11 is 0. The third-order valence-corrected chi connectivity index (χ3v) is 18.9. The number of allylic oxidation sites excluding steroid dienone is 8. The van der Waals surface area contributed by atoms with Gasteiger partial charge in [-0.1, -0.05) is 239 Å².